The highest BCUT2D eigenvalue weighted by Gasteiger charge is 2.12. The Balaban J connectivity index is 1.66. The largest absolute Gasteiger partial charge is 0.496 e. The number of piperidine rings is 1. The molecule has 0 unspecified atom stereocenters. The van der Waals surface area contributed by atoms with Crippen molar-refractivity contribution in [2.45, 2.75) is 32.7 Å². The first-order chi connectivity index (χ1) is 12.2. The van der Waals surface area contributed by atoms with E-state index in [2.05, 4.69) is 22.3 Å². The van der Waals surface area contributed by atoms with Gasteiger partial charge in [0.05, 0.1) is 7.11 Å². The zero-order valence-corrected chi connectivity index (χ0v) is 15.0. The maximum absolute atomic E-state index is 12.5. The number of rotatable bonds is 5. The second-order valence-corrected chi connectivity index (χ2v) is 6.68. The standard InChI is InChI=1S/C21H26N2O2/c1-16-13-18(9-10-20(16)25-2)21(24)22-19-8-6-7-17(14-19)15-23-11-4-3-5-12-23/h6-10,13-14H,3-5,11-12,15H2,1-2H3,(H,22,24). The molecular weight excluding hydrogens is 312 g/mol. The minimum Gasteiger partial charge on any atom is -0.496 e. The quantitative estimate of drug-likeness (QED) is 0.886. The van der Waals surface area contributed by atoms with Crippen LogP contribution in [0.15, 0.2) is 42.5 Å². The van der Waals surface area contributed by atoms with Crippen LogP contribution in [0.2, 0.25) is 0 Å². The van der Waals surface area contributed by atoms with Gasteiger partial charge in [0.25, 0.3) is 5.91 Å². The number of benzene rings is 2. The van der Waals surface area contributed by atoms with Crippen LogP contribution in [0, 0.1) is 6.92 Å². The molecule has 4 heteroatoms. The van der Waals surface area contributed by atoms with E-state index in [0.717, 1.165) is 23.5 Å². The van der Waals surface area contributed by atoms with E-state index in [4.69, 9.17) is 4.74 Å². The summed E-state index contributed by atoms with van der Waals surface area (Å²) in [4.78, 5) is 15.0. The molecular formula is C21H26N2O2. The molecule has 0 aliphatic carbocycles. The summed E-state index contributed by atoms with van der Waals surface area (Å²) in [6.45, 7) is 5.23. The molecule has 0 spiro atoms. The predicted molar refractivity (Wildman–Crippen MR) is 101 cm³/mol. The number of nitrogens with one attached hydrogen (secondary N) is 1. The monoisotopic (exact) mass is 338 g/mol. The number of likely N-dealkylation sites (tertiary alicyclic amines) is 1. The summed E-state index contributed by atoms with van der Waals surface area (Å²) in [5.74, 6) is 0.695. The summed E-state index contributed by atoms with van der Waals surface area (Å²) in [6, 6.07) is 13.6. The van der Waals surface area contributed by atoms with Crippen LogP contribution < -0.4 is 10.1 Å². The zero-order chi connectivity index (χ0) is 17.6. The predicted octanol–water partition coefficient (Wildman–Crippen LogP) is 4.24. The number of aryl methyl sites for hydroxylation is 1. The van der Waals surface area contributed by atoms with E-state index in [0.29, 0.717) is 5.56 Å². The molecule has 1 aliphatic rings. The van der Waals surface area contributed by atoms with Crippen LogP contribution in [-0.2, 0) is 6.54 Å². The van der Waals surface area contributed by atoms with Crippen LogP contribution in [0.3, 0.4) is 0 Å². The van der Waals surface area contributed by atoms with Crippen molar-refractivity contribution >= 4 is 11.6 Å². The molecule has 0 aromatic heterocycles. The van der Waals surface area contributed by atoms with E-state index in [1.165, 1.54) is 37.9 Å². The Bertz CT molecular complexity index is 736. The van der Waals surface area contributed by atoms with Crippen LogP contribution in [0.25, 0.3) is 0 Å². The van der Waals surface area contributed by atoms with Gasteiger partial charge in [0.15, 0.2) is 0 Å². The fraction of sp³-hybridized carbons (Fsp3) is 0.381. The van der Waals surface area contributed by atoms with Crippen molar-refractivity contribution in [2.24, 2.45) is 0 Å². The molecule has 1 N–H and O–H groups in total. The van der Waals surface area contributed by atoms with Crippen molar-refractivity contribution in [2.75, 3.05) is 25.5 Å². The van der Waals surface area contributed by atoms with E-state index in [1.807, 2.05) is 31.2 Å². The fourth-order valence-electron chi connectivity index (χ4n) is 3.35. The van der Waals surface area contributed by atoms with E-state index in [-0.39, 0.29) is 5.91 Å². The third kappa shape index (κ3) is 4.60. The maximum Gasteiger partial charge on any atom is 0.255 e. The van der Waals surface area contributed by atoms with Crippen molar-refractivity contribution in [3.8, 4) is 5.75 Å². The number of carbonyl (C=O) groups excluding carboxylic acids is 1. The third-order valence-electron chi connectivity index (χ3n) is 4.70. The third-order valence-corrected chi connectivity index (χ3v) is 4.70. The SMILES string of the molecule is COc1ccc(C(=O)Nc2cccc(CN3CCCCC3)c2)cc1C. The van der Waals surface area contributed by atoms with E-state index in [9.17, 15) is 4.79 Å². The molecule has 2 aromatic rings. The summed E-state index contributed by atoms with van der Waals surface area (Å²) in [5, 5.41) is 3.00. The normalized spacial score (nSPS) is 15.0. The number of hydrogen-bond acceptors (Lipinski definition) is 3. The van der Waals surface area contributed by atoms with Gasteiger partial charge in [-0.25, -0.2) is 0 Å². The van der Waals surface area contributed by atoms with E-state index in [1.54, 1.807) is 13.2 Å². The first kappa shape index (κ1) is 17.5. The van der Waals surface area contributed by atoms with Crippen LogP contribution in [0.5, 0.6) is 5.75 Å². The first-order valence-electron chi connectivity index (χ1n) is 8.93. The van der Waals surface area contributed by atoms with Crippen molar-refractivity contribution < 1.29 is 9.53 Å². The number of methoxy groups -OCH3 is 1. The Morgan fingerprint density at radius 3 is 2.64 bits per heavy atom. The lowest BCUT2D eigenvalue weighted by atomic mass is 10.1. The molecule has 1 fully saturated rings. The van der Waals surface area contributed by atoms with Gasteiger partial charge in [-0.15, -0.1) is 0 Å². The van der Waals surface area contributed by atoms with Crippen molar-refractivity contribution in [1.82, 2.24) is 4.90 Å². The second kappa shape index (κ2) is 8.17. The van der Waals surface area contributed by atoms with Crippen molar-refractivity contribution in [3.05, 3.63) is 59.2 Å². The summed E-state index contributed by atoms with van der Waals surface area (Å²) in [5.41, 5.74) is 3.67. The fourth-order valence-corrected chi connectivity index (χ4v) is 3.35. The van der Waals surface area contributed by atoms with Gasteiger partial charge in [0, 0.05) is 17.8 Å². The Hall–Kier alpha value is -2.33. The Morgan fingerprint density at radius 1 is 1.12 bits per heavy atom. The van der Waals surface area contributed by atoms with Gasteiger partial charge in [-0.05, 0) is 74.3 Å². The summed E-state index contributed by atoms with van der Waals surface area (Å²) < 4.78 is 5.25. The Labute approximate surface area is 149 Å². The zero-order valence-electron chi connectivity index (χ0n) is 15.0. The smallest absolute Gasteiger partial charge is 0.255 e. The molecule has 1 heterocycles. The highest BCUT2D eigenvalue weighted by molar-refractivity contribution is 6.04. The first-order valence-corrected chi connectivity index (χ1v) is 8.93. The Morgan fingerprint density at radius 2 is 1.92 bits per heavy atom. The lowest BCUT2D eigenvalue weighted by molar-refractivity contribution is 0.102. The molecule has 132 valence electrons. The molecule has 2 aromatic carbocycles. The molecule has 0 saturated carbocycles. The minimum atomic E-state index is -0.0964. The number of hydrogen-bond donors (Lipinski definition) is 1. The number of amides is 1. The lowest BCUT2D eigenvalue weighted by Gasteiger charge is -2.26. The van der Waals surface area contributed by atoms with E-state index < -0.39 is 0 Å². The maximum atomic E-state index is 12.5. The Kier molecular flexibility index (Phi) is 5.71. The topological polar surface area (TPSA) is 41.6 Å². The van der Waals surface area contributed by atoms with Gasteiger partial charge in [-0.3, -0.25) is 9.69 Å². The van der Waals surface area contributed by atoms with Crippen molar-refractivity contribution in [1.29, 1.82) is 0 Å². The van der Waals surface area contributed by atoms with Gasteiger partial charge >= 0.3 is 0 Å². The van der Waals surface area contributed by atoms with Gasteiger partial charge in [-0.1, -0.05) is 18.6 Å². The lowest BCUT2D eigenvalue weighted by Crippen LogP contribution is -2.29. The average Bonchev–Trinajstić information content (AvgIpc) is 2.63. The number of ether oxygens (including phenoxy) is 1. The minimum absolute atomic E-state index is 0.0964. The second-order valence-electron chi connectivity index (χ2n) is 6.68. The van der Waals surface area contributed by atoms with Crippen LogP contribution in [0.4, 0.5) is 5.69 Å². The van der Waals surface area contributed by atoms with Crippen LogP contribution >= 0.6 is 0 Å². The molecule has 0 radical (unpaired) electrons. The highest BCUT2D eigenvalue weighted by atomic mass is 16.5. The van der Waals surface area contributed by atoms with Crippen LogP contribution in [0.1, 0.15) is 40.7 Å². The van der Waals surface area contributed by atoms with Gasteiger partial charge in [0.2, 0.25) is 0 Å². The summed E-state index contributed by atoms with van der Waals surface area (Å²) >= 11 is 0. The molecule has 1 saturated heterocycles. The van der Waals surface area contributed by atoms with E-state index >= 15 is 0 Å². The van der Waals surface area contributed by atoms with Gasteiger partial charge in [0.1, 0.15) is 5.75 Å². The molecule has 0 atom stereocenters. The van der Waals surface area contributed by atoms with Gasteiger partial charge in [-0.2, -0.15) is 0 Å². The average molecular weight is 338 g/mol. The molecule has 1 aliphatic heterocycles. The molecule has 3 rings (SSSR count). The number of carbonyl (C=O) groups is 1. The molecule has 1 amide bonds. The van der Waals surface area contributed by atoms with Gasteiger partial charge < -0.3 is 10.1 Å². The molecule has 4 nitrogen and oxygen atoms in total. The molecule has 25 heavy (non-hydrogen) atoms. The summed E-state index contributed by atoms with van der Waals surface area (Å²) in [6.07, 6.45) is 3.91. The highest BCUT2D eigenvalue weighted by Crippen LogP contribution is 2.20. The van der Waals surface area contributed by atoms with Crippen molar-refractivity contribution in [3.63, 3.8) is 0 Å². The summed E-state index contributed by atoms with van der Waals surface area (Å²) in [7, 11) is 1.63. The molecule has 0 bridgehead atoms. The van der Waals surface area contributed by atoms with Crippen LogP contribution in [-0.4, -0.2) is 31.0 Å². The number of anilines is 1. The number of nitrogens with zero attached hydrogens (tertiary/aromatic N) is 1.